The minimum absolute atomic E-state index is 0.0202. The molecule has 0 radical (unpaired) electrons. The van der Waals surface area contributed by atoms with Crippen LogP contribution in [0.25, 0.3) is 0 Å². The molecule has 4 nitrogen and oxygen atoms in total. The zero-order valence-electron chi connectivity index (χ0n) is 12.3. The average Bonchev–Trinajstić information content (AvgIpc) is 2.95. The molecule has 21 heavy (non-hydrogen) atoms. The molecule has 0 atom stereocenters. The average molecular weight is 307 g/mol. The second-order valence-electron chi connectivity index (χ2n) is 5.54. The van der Waals surface area contributed by atoms with Crippen LogP contribution in [0.4, 0.5) is 0 Å². The third-order valence-corrected chi connectivity index (χ3v) is 5.56. The number of likely N-dealkylation sites (tertiary alicyclic amines) is 1. The van der Waals surface area contributed by atoms with Crippen molar-refractivity contribution in [2.24, 2.45) is 0 Å². The minimum atomic E-state index is -0.0202. The number of benzene rings is 1. The van der Waals surface area contributed by atoms with Crippen molar-refractivity contribution in [3.8, 4) is 5.75 Å². The predicted octanol–water partition coefficient (Wildman–Crippen LogP) is 2.46. The van der Waals surface area contributed by atoms with Gasteiger partial charge < -0.3 is 14.4 Å². The molecule has 1 spiro atoms. The summed E-state index contributed by atoms with van der Waals surface area (Å²) in [6.07, 6.45) is 1.85. The molecular weight excluding hydrogens is 286 g/mol. The summed E-state index contributed by atoms with van der Waals surface area (Å²) in [6.45, 7) is 4.48. The van der Waals surface area contributed by atoms with Gasteiger partial charge in [-0.1, -0.05) is 18.2 Å². The molecule has 3 rings (SSSR count). The van der Waals surface area contributed by atoms with E-state index in [4.69, 9.17) is 9.47 Å². The topological polar surface area (TPSA) is 38.8 Å². The predicted molar refractivity (Wildman–Crippen MR) is 83.6 cm³/mol. The van der Waals surface area contributed by atoms with Crippen molar-refractivity contribution >= 4 is 17.7 Å². The molecule has 0 bridgehead atoms. The van der Waals surface area contributed by atoms with E-state index in [1.165, 1.54) is 0 Å². The first-order chi connectivity index (χ1) is 10.2. The van der Waals surface area contributed by atoms with Gasteiger partial charge >= 0.3 is 0 Å². The highest BCUT2D eigenvalue weighted by Crippen LogP contribution is 2.41. The molecule has 0 N–H and O–H groups in total. The van der Waals surface area contributed by atoms with E-state index in [0.29, 0.717) is 0 Å². The smallest absolute Gasteiger partial charge is 0.260 e. The van der Waals surface area contributed by atoms with Gasteiger partial charge in [-0.15, -0.1) is 11.8 Å². The highest BCUT2D eigenvalue weighted by molar-refractivity contribution is 8.00. The lowest BCUT2D eigenvalue weighted by molar-refractivity contribution is -0.136. The standard InChI is InChI=1S/C16H21NO3S/c1-13-4-2-3-5-14(13)19-12-15(18)17-8-6-16(7-9-17)20-10-11-21-16/h2-5H,6-12H2,1H3. The van der Waals surface area contributed by atoms with Crippen LogP contribution < -0.4 is 4.74 Å². The summed E-state index contributed by atoms with van der Waals surface area (Å²) in [4.78, 5) is 14.1. The van der Waals surface area contributed by atoms with Gasteiger partial charge in [0.2, 0.25) is 0 Å². The SMILES string of the molecule is Cc1ccccc1OCC(=O)N1CCC2(CC1)OCCS2. The van der Waals surface area contributed by atoms with Crippen LogP contribution in [-0.2, 0) is 9.53 Å². The zero-order valence-corrected chi connectivity index (χ0v) is 13.2. The van der Waals surface area contributed by atoms with E-state index in [2.05, 4.69) is 0 Å². The van der Waals surface area contributed by atoms with Gasteiger partial charge in [0.15, 0.2) is 6.61 Å². The van der Waals surface area contributed by atoms with Gasteiger partial charge in [-0.05, 0) is 18.6 Å². The van der Waals surface area contributed by atoms with Crippen LogP contribution in [-0.4, -0.2) is 47.8 Å². The number of amides is 1. The second-order valence-corrected chi connectivity index (χ2v) is 6.98. The van der Waals surface area contributed by atoms with Gasteiger partial charge in [0.05, 0.1) is 6.61 Å². The van der Waals surface area contributed by atoms with E-state index in [9.17, 15) is 4.79 Å². The van der Waals surface area contributed by atoms with Crippen LogP contribution in [0.2, 0.25) is 0 Å². The summed E-state index contributed by atoms with van der Waals surface area (Å²) in [6, 6.07) is 7.77. The third kappa shape index (κ3) is 3.35. The summed E-state index contributed by atoms with van der Waals surface area (Å²) in [7, 11) is 0. The highest BCUT2D eigenvalue weighted by atomic mass is 32.2. The van der Waals surface area contributed by atoms with Gasteiger partial charge in [-0.2, -0.15) is 0 Å². The molecule has 2 aliphatic rings. The van der Waals surface area contributed by atoms with Crippen LogP contribution in [0.5, 0.6) is 5.75 Å². The van der Waals surface area contributed by atoms with Gasteiger partial charge in [0, 0.05) is 31.7 Å². The maximum absolute atomic E-state index is 12.2. The van der Waals surface area contributed by atoms with E-state index in [-0.39, 0.29) is 17.4 Å². The fourth-order valence-corrected chi connectivity index (χ4v) is 4.01. The zero-order chi connectivity index (χ0) is 14.7. The maximum atomic E-state index is 12.2. The highest BCUT2D eigenvalue weighted by Gasteiger charge is 2.40. The lowest BCUT2D eigenvalue weighted by Gasteiger charge is -2.37. The Balaban J connectivity index is 1.49. The Bertz CT molecular complexity index is 504. The largest absolute Gasteiger partial charge is 0.484 e. The first-order valence-electron chi connectivity index (χ1n) is 7.43. The number of nitrogens with zero attached hydrogens (tertiary/aromatic N) is 1. The van der Waals surface area contributed by atoms with Gasteiger partial charge in [-0.3, -0.25) is 4.79 Å². The van der Waals surface area contributed by atoms with Crippen molar-refractivity contribution in [1.82, 2.24) is 4.90 Å². The quantitative estimate of drug-likeness (QED) is 0.860. The van der Waals surface area contributed by atoms with Gasteiger partial charge in [-0.25, -0.2) is 0 Å². The number of thioether (sulfide) groups is 1. The Kier molecular flexibility index (Phi) is 4.40. The van der Waals surface area contributed by atoms with Crippen LogP contribution in [0, 0.1) is 6.92 Å². The molecule has 1 amide bonds. The molecule has 2 heterocycles. The molecule has 1 aromatic carbocycles. The van der Waals surface area contributed by atoms with E-state index in [1.54, 1.807) is 0 Å². The van der Waals surface area contributed by atoms with Gasteiger partial charge in [0.1, 0.15) is 10.7 Å². The van der Waals surface area contributed by atoms with Crippen LogP contribution in [0.3, 0.4) is 0 Å². The number of hydrogen-bond acceptors (Lipinski definition) is 4. The summed E-state index contributed by atoms with van der Waals surface area (Å²) in [5.41, 5.74) is 1.05. The molecular formula is C16H21NO3S. The normalized spacial score (nSPS) is 20.7. The van der Waals surface area contributed by atoms with Crippen molar-refractivity contribution in [2.45, 2.75) is 24.7 Å². The molecule has 2 fully saturated rings. The number of rotatable bonds is 3. The molecule has 114 valence electrons. The van der Waals surface area contributed by atoms with Crippen molar-refractivity contribution < 1.29 is 14.3 Å². The Morgan fingerprint density at radius 2 is 2.14 bits per heavy atom. The number of piperidine rings is 1. The van der Waals surface area contributed by atoms with Crippen molar-refractivity contribution in [1.29, 1.82) is 0 Å². The van der Waals surface area contributed by atoms with Crippen molar-refractivity contribution in [3.63, 3.8) is 0 Å². The van der Waals surface area contributed by atoms with E-state index in [1.807, 2.05) is 47.9 Å². The van der Waals surface area contributed by atoms with Crippen LogP contribution in [0.1, 0.15) is 18.4 Å². The Labute approximate surface area is 129 Å². The summed E-state index contributed by atoms with van der Waals surface area (Å²) >= 11 is 1.90. The second kappa shape index (κ2) is 6.28. The lowest BCUT2D eigenvalue weighted by Crippen LogP contribution is -2.46. The molecule has 0 aromatic heterocycles. The number of para-hydroxylation sites is 1. The first-order valence-corrected chi connectivity index (χ1v) is 8.41. The van der Waals surface area contributed by atoms with Crippen molar-refractivity contribution in [3.05, 3.63) is 29.8 Å². The number of carbonyl (C=O) groups is 1. The summed E-state index contributed by atoms with van der Waals surface area (Å²) in [5, 5.41) is 0. The lowest BCUT2D eigenvalue weighted by atomic mass is 10.1. The van der Waals surface area contributed by atoms with Crippen molar-refractivity contribution in [2.75, 3.05) is 32.1 Å². The van der Waals surface area contributed by atoms with E-state index < -0.39 is 0 Å². The van der Waals surface area contributed by atoms with Crippen LogP contribution in [0.15, 0.2) is 24.3 Å². The number of carbonyl (C=O) groups excluding carboxylic acids is 1. The van der Waals surface area contributed by atoms with Crippen LogP contribution >= 0.6 is 11.8 Å². The monoisotopic (exact) mass is 307 g/mol. The fraction of sp³-hybridized carbons (Fsp3) is 0.562. The fourth-order valence-electron chi connectivity index (χ4n) is 2.83. The minimum Gasteiger partial charge on any atom is -0.484 e. The number of aryl methyl sites for hydroxylation is 1. The maximum Gasteiger partial charge on any atom is 0.260 e. The Hall–Kier alpha value is -1.20. The molecule has 1 aromatic rings. The first kappa shape index (κ1) is 14.7. The third-order valence-electron chi connectivity index (χ3n) is 4.14. The number of hydrogen-bond donors (Lipinski definition) is 0. The Morgan fingerprint density at radius 1 is 1.38 bits per heavy atom. The molecule has 0 saturated carbocycles. The molecule has 0 aliphatic carbocycles. The molecule has 5 heteroatoms. The van der Waals surface area contributed by atoms with E-state index in [0.717, 1.165) is 49.6 Å². The summed E-state index contributed by atoms with van der Waals surface area (Å²) < 4.78 is 11.5. The molecule has 2 saturated heterocycles. The summed E-state index contributed by atoms with van der Waals surface area (Å²) in [5.74, 6) is 1.93. The molecule has 0 unspecified atom stereocenters. The Morgan fingerprint density at radius 3 is 2.81 bits per heavy atom. The van der Waals surface area contributed by atoms with Gasteiger partial charge in [0.25, 0.3) is 5.91 Å². The molecule has 2 aliphatic heterocycles. The number of ether oxygens (including phenoxy) is 2. The van der Waals surface area contributed by atoms with E-state index >= 15 is 0 Å².